The SMILES string of the molecule is COC(=O)[C@H]1O[C@@H](n2nnnc2-c2ccccc2-c2ccc(CN3C(=O)CCc4c(C)nc(C)nc43)cc2)[C@H](OC(C)=O)[C@@H](OC(C)=O)[C@@H]1OC(C)=O. The zero-order valence-electron chi connectivity index (χ0n) is 29.8. The van der Waals surface area contributed by atoms with Crippen LogP contribution in [0.1, 0.15) is 56.1 Å². The number of benzene rings is 2. The molecule has 17 nitrogen and oxygen atoms in total. The lowest BCUT2D eigenvalue weighted by molar-refractivity contribution is -0.265. The highest BCUT2D eigenvalue weighted by Gasteiger charge is 2.56. The van der Waals surface area contributed by atoms with Crippen molar-refractivity contribution in [1.29, 1.82) is 0 Å². The molecule has 17 heteroatoms. The minimum absolute atomic E-state index is 0.0159. The number of hydrogen-bond acceptors (Lipinski definition) is 15. The zero-order chi connectivity index (χ0) is 38.0. The van der Waals surface area contributed by atoms with E-state index in [9.17, 15) is 24.0 Å². The van der Waals surface area contributed by atoms with Gasteiger partial charge in [0.05, 0.1) is 13.7 Å². The zero-order valence-corrected chi connectivity index (χ0v) is 29.8. The lowest BCUT2D eigenvalue weighted by Crippen LogP contribution is -2.61. The molecule has 1 saturated heterocycles. The molecule has 2 aliphatic heterocycles. The van der Waals surface area contributed by atoms with Crippen LogP contribution in [0.2, 0.25) is 0 Å². The maximum atomic E-state index is 13.0. The monoisotopic (exact) mass is 727 g/mol. The van der Waals surface area contributed by atoms with Gasteiger partial charge in [-0.2, -0.15) is 4.68 Å². The third-order valence-corrected chi connectivity index (χ3v) is 8.81. The van der Waals surface area contributed by atoms with E-state index < -0.39 is 54.5 Å². The summed E-state index contributed by atoms with van der Waals surface area (Å²) in [5.74, 6) is -2.02. The van der Waals surface area contributed by atoms with E-state index >= 15 is 0 Å². The number of esters is 4. The Morgan fingerprint density at radius 2 is 1.47 bits per heavy atom. The molecule has 2 aromatic carbocycles. The van der Waals surface area contributed by atoms with Gasteiger partial charge in [0.25, 0.3) is 0 Å². The van der Waals surface area contributed by atoms with Crippen LogP contribution in [-0.4, -0.2) is 91.5 Å². The summed E-state index contributed by atoms with van der Waals surface area (Å²) in [5, 5.41) is 12.3. The van der Waals surface area contributed by atoms with Crippen molar-refractivity contribution >= 4 is 35.6 Å². The van der Waals surface area contributed by atoms with Crippen molar-refractivity contribution in [3.63, 3.8) is 0 Å². The molecule has 4 heterocycles. The van der Waals surface area contributed by atoms with Crippen LogP contribution in [0.3, 0.4) is 0 Å². The van der Waals surface area contributed by atoms with Gasteiger partial charge in [-0.05, 0) is 47.4 Å². The van der Waals surface area contributed by atoms with Crippen molar-refractivity contribution in [2.24, 2.45) is 0 Å². The fraction of sp³-hybridized carbons (Fsp3) is 0.389. The molecule has 2 aliphatic rings. The van der Waals surface area contributed by atoms with Gasteiger partial charge in [0, 0.05) is 44.0 Å². The van der Waals surface area contributed by atoms with Crippen molar-refractivity contribution in [2.75, 3.05) is 12.0 Å². The third kappa shape index (κ3) is 7.60. The number of fused-ring (bicyclic) bond motifs is 1. The van der Waals surface area contributed by atoms with Crippen LogP contribution in [0.4, 0.5) is 5.82 Å². The van der Waals surface area contributed by atoms with Crippen molar-refractivity contribution < 1.29 is 47.7 Å². The molecule has 0 unspecified atom stereocenters. The molecule has 276 valence electrons. The maximum absolute atomic E-state index is 13.0. The molecule has 6 rings (SSSR count). The molecule has 0 aliphatic carbocycles. The van der Waals surface area contributed by atoms with Crippen LogP contribution in [0, 0.1) is 13.8 Å². The molecular weight excluding hydrogens is 690 g/mol. The molecule has 0 spiro atoms. The van der Waals surface area contributed by atoms with Gasteiger partial charge in [0.2, 0.25) is 5.91 Å². The topological polar surface area (TPSA) is 204 Å². The number of methoxy groups -OCH3 is 1. The van der Waals surface area contributed by atoms with Crippen LogP contribution >= 0.6 is 0 Å². The number of aromatic nitrogens is 6. The maximum Gasteiger partial charge on any atom is 0.339 e. The first-order valence-electron chi connectivity index (χ1n) is 16.7. The fourth-order valence-electron chi connectivity index (χ4n) is 6.62. The van der Waals surface area contributed by atoms with E-state index in [1.54, 1.807) is 24.0 Å². The summed E-state index contributed by atoms with van der Waals surface area (Å²) in [7, 11) is 1.11. The van der Waals surface area contributed by atoms with E-state index in [1.165, 1.54) is 4.68 Å². The molecule has 0 N–H and O–H groups in total. The van der Waals surface area contributed by atoms with E-state index in [2.05, 4.69) is 25.5 Å². The lowest BCUT2D eigenvalue weighted by atomic mass is 9.95. The first-order chi connectivity index (χ1) is 25.4. The Morgan fingerprint density at radius 3 is 2.13 bits per heavy atom. The summed E-state index contributed by atoms with van der Waals surface area (Å²) in [6, 6.07) is 14.9. The number of tetrazole rings is 1. The van der Waals surface area contributed by atoms with Gasteiger partial charge in [-0.3, -0.25) is 24.1 Å². The van der Waals surface area contributed by atoms with E-state index in [0.29, 0.717) is 42.2 Å². The number of amides is 1. The van der Waals surface area contributed by atoms with Crippen molar-refractivity contribution in [3.05, 3.63) is 71.2 Å². The van der Waals surface area contributed by atoms with Crippen molar-refractivity contribution in [2.45, 2.75) is 84.6 Å². The highest BCUT2D eigenvalue weighted by atomic mass is 16.7. The van der Waals surface area contributed by atoms with Gasteiger partial charge in [-0.25, -0.2) is 14.8 Å². The normalized spacial score (nSPS) is 21.0. The quantitative estimate of drug-likeness (QED) is 0.180. The summed E-state index contributed by atoms with van der Waals surface area (Å²) >= 11 is 0. The Kier molecular flexibility index (Phi) is 10.6. The standard InChI is InChI=1S/C36H37N7O10/c1-18-25-15-16-28(47)42(33(25)38-19(2)37-18)17-23-11-13-24(14-12-23)26-9-7-8-10-27(26)34-39-40-41-43(34)35-31(52-22(5)46)29(50-20(3)44)30(51-21(4)45)32(53-35)36(48)49-6/h7-14,29-32,35H,15-17H2,1-6H3/t29-,30-,31+,32-,35+/m0/s1. The molecule has 53 heavy (non-hydrogen) atoms. The van der Waals surface area contributed by atoms with Gasteiger partial charge < -0.3 is 23.7 Å². The van der Waals surface area contributed by atoms with Crippen molar-refractivity contribution in [3.8, 4) is 22.5 Å². The summed E-state index contributed by atoms with van der Waals surface area (Å²) in [6.45, 7) is 7.38. The average Bonchev–Trinajstić information content (AvgIpc) is 3.60. The highest BCUT2D eigenvalue weighted by molar-refractivity contribution is 5.95. The number of carbonyl (C=O) groups excluding carboxylic acids is 5. The van der Waals surface area contributed by atoms with Crippen LogP contribution in [0.5, 0.6) is 0 Å². The van der Waals surface area contributed by atoms with Gasteiger partial charge in [0.15, 0.2) is 36.5 Å². The van der Waals surface area contributed by atoms with Crippen LogP contribution in [-0.2, 0) is 60.6 Å². The molecule has 5 atom stereocenters. The van der Waals surface area contributed by atoms with Gasteiger partial charge in [-0.1, -0.05) is 48.5 Å². The predicted molar refractivity (Wildman–Crippen MR) is 182 cm³/mol. The Bertz CT molecular complexity index is 2070. The number of anilines is 1. The molecule has 4 aromatic rings. The van der Waals surface area contributed by atoms with Crippen LogP contribution in [0.15, 0.2) is 48.5 Å². The van der Waals surface area contributed by atoms with E-state index in [-0.39, 0.29) is 11.7 Å². The van der Waals surface area contributed by atoms with Gasteiger partial charge in [-0.15, -0.1) is 5.10 Å². The number of aryl methyl sites for hydroxylation is 2. The molecular formula is C36H37N7O10. The van der Waals surface area contributed by atoms with Gasteiger partial charge in [0.1, 0.15) is 11.6 Å². The largest absolute Gasteiger partial charge is 0.467 e. The Labute approximate surface area is 303 Å². The molecule has 1 amide bonds. The molecule has 0 bridgehead atoms. The number of rotatable bonds is 9. The van der Waals surface area contributed by atoms with E-state index in [4.69, 9.17) is 23.7 Å². The first-order valence-corrected chi connectivity index (χ1v) is 16.7. The summed E-state index contributed by atoms with van der Waals surface area (Å²) < 4.78 is 28.7. The number of nitrogens with zero attached hydrogens (tertiary/aromatic N) is 7. The van der Waals surface area contributed by atoms with Crippen molar-refractivity contribution in [1.82, 2.24) is 30.2 Å². The Balaban J connectivity index is 1.36. The molecule has 2 aromatic heterocycles. The second-order valence-electron chi connectivity index (χ2n) is 12.5. The summed E-state index contributed by atoms with van der Waals surface area (Å²) in [6.07, 6.45) is -6.71. The summed E-state index contributed by atoms with van der Waals surface area (Å²) in [4.78, 5) is 73.6. The highest BCUT2D eigenvalue weighted by Crippen LogP contribution is 2.38. The fourth-order valence-corrected chi connectivity index (χ4v) is 6.62. The number of carbonyl (C=O) groups is 5. The smallest absolute Gasteiger partial charge is 0.339 e. The minimum atomic E-state index is -1.64. The number of ether oxygens (including phenoxy) is 5. The Hall–Kier alpha value is -6.10. The number of hydrogen-bond donors (Lipinski definition) is 0. The third-order valence-electron chi connectivity index (χ3n) is 8.81. The van der Waals surface area contributed by atoms with E-state index in [0.717, 1.165) is 50.3 Å². The molecule has 0 saturated carbocycles. The first kappa shape index (κ1) is 36.7. The Morgan fingerprint density at radius 1 is 0.830 bits per heavy atom. The predicted octanol–water partition coefficient (Wildman–Crippen LogP) is 2.76. The van der Waals surface area contributed by atoms with Crippen LogP contribution < -0.4 is 4.90 Å². The van der Waals surface area contributed by atoms with Crippen LogP contribution in [0.25, 0.3) is 22.5 Å². The molecule has 0 radical (unpaired) electrons. The van der Waals surface area contributed by atoms with E-state index in [1.807, 2.05) is 43.3 Å². The average molecular weight is 728 g/mol. The second-order valence-corrected chi connectivity index (χ2v) is 12.5. The van der Waals surface area contributed by atoms with Gasteiger partial charge >= 0.3 is 23.9 Å². The minimum Gasteiger partial charge on any atom is -0.467 e. The lowest BCUT2D eigenvalue weighted by Gasteiger charge is -2.43. The second kappa shape index (κ2) is 15.2. The summed E-state index contributed by atoms with van der Waals surface area (Å²) in [5.41, 5.74) is 4.71. The molecule has 1 fully saturated rings.